The maximum Gasteiger partial charge on any atom is 0.251 e. The van der Waals surface area contributed by atoms with E-state index in [9.17, 15) is 10.1 Å². The highest BCUT2D eigenvalue weighted by atomic mass is 35.5. The fourth-order valence-corrected chi connectivity index (χ4v) is 4.25. The molecule has 8 heteroatoms. The average molecular weight is 430 g/mol. The zero-order valence-electron chi connectivity index (χ0n) is 17.1. The number of amides is 1. The van der Waals surface area contributed by atoms with Crippen molar-refractivity contribution in [1.29, 1.82) is 5.26 Å². The first kappa shape index (κ1) is 22.3. The number of hydrogen-bond acceptors (Lipinski definition) is 6. The van der Waals surface area contributed by atoms with E-state index in [4.69, 9.17) is 4.74 Å². The summed E-state index contributed by atoms with van der Waals surface area (Å²) in [6.45, 7) is 4.80. The molecule has 1 aromatic heterocycles. The van der Waals surface area contributed by atoms with Crippen LogP contribution in [0.25, 0.3) is 10.9 Å². The van der Waals surface area contributed by atoms with Crippen LogP contribution in [0.1, 0.15) is 31.7 Å². The number of hydrogen-bond donors (Lipinski definition) is 2. The van der Waals surface area contributed by atoms with Crippen LogP contribution in [-0.2, 0) is 9.53 Å². The lowest BCUT2D eigenvalue weighted by Crippen LogP contribution is -2.54. The number of piperidine rings is 1. The molecule has 1 unspecified atom stereocenters. The van der Waals surface area contributed by atoms with E-state index in [0.717, 1.165) is 24.0 Å². The molecule has 0 saturated carbocycles. The maximum atomic E-state index is 12.8. The molecule has 160 valence electrons. The first-order chi connectivity index (χ1) is 14.2. The van der Waals surface area contributed by atoms with Crippen molar-refractivity contribution in [3.8, 4) is 6.07 Å². The first-order valence-corrected chi connectivity index (χ1v) is 10.3. The minimum atomic E-state index is -0.523. The van der Waals surface area contributed by atoms with Gasteiger partial charge in [0.2, 0.25) is 0 Å². The Hall–Kier alpha value is -2.40. The van der Waals surface area contributed by atoms with Gasteiger partial charge in [-0.25, -0.2) is 0 Å². The Morgan fingerprint density at radius 1 is 1.37 bits per heavy atom. The zero-order valence-corrected chi connectivity index (χ0v) is 18.0. The van der Waals surface area contributed by atoms with E-state index >= 15 is 0 Å². The van der Waals surface area contributed by atoms with Gasteiger partial charge in [0.1, 0.15) is 6.07 Å². The number of fused-ring (bicyclic) bond motifs is 1. The van der Waals surface area contributed by atoms with Gasteiger partial charge in [0.25, 0.3) is 5.91 Å². The second kappa shape index (κ2) is 10.1. The molecule has 1 aromatic carbocycles. The van der Waals surface area contributed by atoms with Crippen LogP contribution in [0.2, 0.25) is 0 Å². The molecule has 3 atom stereocenters. The van der Waals surface area contributed by atoms with Crippen LogP contribution in [0.15, 0.2) is 30.5 Å². The van der Waals surface area contributed by atoms with E-state index in [-0.39, 0.29) is 24.4 Å². The van der Waals surface area contributed by atoms with Crippen molar-refractivity contribution >= 4 is 34.9 Å². The number of morpholine rings is 1. The van der Waals surface area contributed by atoms with Crippen molar-refractivity contribution < 1.29 is 9.53 Å². The van der Waals surface area contributed by atoms with Gasteiger partial charge in [0, 0.05) is 36.4 Å². The summed E-state index contributed by atoms with van der Waals surface area (Å²) in [6.07, 6.45) is 4.61. The number of anilines is 1. The third-order valence-electron chi connectivity index (χ3n) is 5.70. The van der Waals surface area contributed by atoms with Crippen LogP contribution >= 0.6 is 12.4 Å². The lowest BCUT2D eigenvalue weighted by Gasteiger charge is -2.38. The number of halogens is 1. The molecule has 2 fully saturated rings. The summed E-state index contributed by atoms with van der Waals surface area (Å²) in [7, 11) is 0. The van der Waals surface area contributed by atoms with E-state index in [1.807, 2.05) is 25.1 Å². The Morgan fingerprint density at radius 2 is 2.23 bits per heavy atom. The van der Waals surface area contributed by atoms with E-state index in [1.165, 1.54) is 12.8 Å². The van der Waals surface area contributed by atoms with Crippen LogP contribution in [0.5, 0.6) is 0 Å². The molecule has 7 nitrogen and oxygen atoms in total. The summed E-state index contributed by atoms with van der Waals surface area (Å²) in [4.78, 5) is 19.3. The second-order valence-corrected chi connectivity index (χ2v) is 7.88. The molecule has 30 heavy (non-hydrogen) atoms. The highest BCUT2D eigenvalue weighted by molar-refractivity contribution is 5.95. The number of carbonyl (C=O) groups is 1. The third kappa shape index (κ3) is 4.84. The summed E-state index contributed by atoms with van der Waals surface area (Å²) >= 11 is 0. The molecule has 2 saturated heterocycles. The summed E-state index contributed by atoms with van der Waals surface area (Å²) < 4.78 is 5.95. The molecule has 0 radical (unpaired) electrons. The van der Waals surface area contributed by atoms with E-state index in [1.54, 1.807) is 12.3 Å². The zero-order chi connectivity index (χ0) is 20.2. The Kier molecular flexibility index (Phi) is 7.48. The molecule has 2 aliphatic heterocycles. The standard InChI is InChI=1S/C22H27N5O2.ClH/c1-15-13-27(19-8-7-16(11-23)21-18(19)6-4-10-25-21)14-20(29-15)22(28)26-12-17-5-2-3-9-24-17;/h4,6-8,10,15,17,20,24H,2-3,5,9,12-14H2,1H3,(H,26,28);1H/t15-,17?,20-;/m1./s1. The van der Waals surface area contributed by atoms with E-state index in [0.29, 0.717) is 36.8 Å². The molecule has 2 aromatic rings. The first-order valence-electron chi connectivity index (χ1n) is 10.3. The Balaban J connectivity index is 0.00000256. The van der Waals surface area contributed by atoms with Gasteiger partial charge in [-0.15, -0.1) is 12.4 Å². The van der Waals surface area contributed by atoms with Gasteiger partial charge in [-0.05, 0) is 50.6 Å². The SMILES string of the molecule is C[C@@H]1CN(c2ccc(C#N)c3ncccc23)C[C@H](C(=O)NCC2CCCCN2)O1.Cl. The molecule has 1 amide bonds. The number of benzene rings is 1. The summed E-state index contributed by atoms with van der Waals surface area (Å²) in [5, 5.41) is 16.8. The predicted molar refractivity (Wildman–Crippen MR) is 119 cm³/mol. The van der Waals surface area contributed by atoms with Gasteiger partial charge < -0.3 is 20.3 Å². The maximum absolute atomic E-state index is 12.8. The number of rotatable bonds is 4. The summed E-state index contributed by atoms with van der Waals surface area (Å²) in [5.74, 6) is -0.0648. The average Bonchev–Trinajstić information content (AvgIpc) is 2.77. The minimum absolute atomic E-state index is 0. The Bertz CT molecular complexity index is 925. The molecule has 0 aliphatic carbocycles. The van der Waals surface area contributed by atoms with Crippen LogP contribution in [0, 0.1) is 11.3 Å². The van der Waals surface area contributed by atoms with Crippen molar-refractivity contribution in [2.45, 2.75) is 44.4 Å². The van der Waals surface area contributed by atoms with Gasteiger partial charge in [0.15, 0.2) is 6.10 Å². The van der Waals surface area contributed by atoms with Crippen molar-refractivity contribution in [2.24, 2.45) is 0 Å². The van der Waals surface area contributed by atoms with Gasteiger partial charge in [-0.2, -0.15) is 5.26 Å². The third-order valence-corrected chi connectivity index (χ3v) is 5.70. The number of pyridine rings is 1. The Morgan fingerprint density at radius 3 is 3.00 bits per heavy atom. The van der Waals surface area contributed by atoms with Crippen LogP contribution in [0.4, 0.5) is 5.69 Å². The molecule has 4 rings (SSSR count). The van der Waals surface area contributed by atoms with Gasteiger partial charge in [-0.3, -0.25) is 9.78 Å². The lowest BCUT2D eigenvalue weighted by atomic mass is 10.0. The van der Waals surface area contributed by atoms with Crippen LogP contribution < -0.4 is 15.5 Å². The lowest BCUT2D eigenvalue weighted by molar-refractivity contribution is -0.137. The predicted octanol–water partition coefficient (Wildman–Crippen LogP) is 2.38. The molecule has 2 aliphatic rings. The van der Waals surface area contributed by atoms with E-state index < -0.39 is 6.10 Å². The number of aromatic nitrogens is 1. The quantitative estimate of drug-likeness (QED) is 0.775. The van der Waals surface area contributed by atoms with Crippen molar-refractivity contribution in [3.05, 3.63) is 36.0 Å². The van der Waals surface area contributed by atoms with Gasteiger partial charge >= 0.3 is 0 Å². The number of carbonyl (C=O) groups excluding carboxylic acids is 1. The van der Waals surface area contributed by atoms with Crippen LogP contribution in [0.3, 0.4) is 0 Å². The topological polar surface area (TPSA) is 90.3 Å². The molecular weight excluding hydrogens is 402 g/mol. The molecule has 0 spiro atoms. The van der Waals surface area contributed by atoms with Crippen molar-refractivity contribution in [1.82, 2.24) is 15.6 Å². The van der Waals surface area contributed by atoms with Crippen LogP contribution in [-0.4, -0.2) is 55.3 Å². The molecular formula is C22H28ClN5O2. The van der Waals surface area contributed by atoms with Crippen molar-refractivity contribution in [3.63, 3.8) is 0 Å². The number of nitrogens with zero attached hydrogens (tertiary/aromatic N) is 3. The fraction of sp³-hybridized carbons (Fsp3) is 0.500. The highest BCUT2D eigenvalue weighted by Gasteiger charge is 2.31. The van der Waals surface area contributed by atoms with Gasteiger partial charge in [0.05, 0.1) is 23.7 Å². The Labute approximate surface area is 183 Å². The minimum Gasteiger partial charge on any atom is -0.365 e. The van der Waals surface area contributed by atoms with E-state index in [2.05, 4.69) is 26.6 Å². The smallest absolute Gasteiger partial charge is 0.251 e. The van der Waals surface area contributed by atoms with Crippen molar-refractivity contribution in [2.75, 3.05) is 31.1 Å². The molecule has 2 N–H and O–H groups in total. The number of nitrogens with one attached hydrogen (secondary N) is 2. The molecule has 3 heterocycles. The molecule has 0 bridgehead atoms. The number of nitriles is 1. The monoisotopic (exact) mass is 429 g/mol. The summed E-state index contributed by atoms with van der Waals surface area (Å²) in [6, 6.07) is 10.1. The normalized spacial score (nSPS) is 24.0. The summed E-state index contributed by atoms with van der Waals surface area (Å²) in [5.41, 5.74) is 2.23. The highest BCUT2D eigenvalue weighted by Crippen LogP contribution is 2.30. The number of ether oxygens (including phenoxy) is 1. The second-order valence-electron chi connectivity index (χ2n) is 7.88. The van der Waals surface area contributed by atoms with Gasteiger partial charge in [-0.1, -0.05) is 6.42 Å². The largest absolute Gasteiger partial charge is 0.365 e. The fourth-order valence-electron chi connectivity index (χ4n) is 4.25.